The molecule has 0 rings (SSSR count). The van der Waals surface area contributed by atoms with Gasteiger partial charge in [0.25, 0.3) is 5.08 Å². The molecule has 0 spiro atoms. The molecular formula is C9H28CaNNaO8P2. The predicted molar refractivity (Wildman–Crippen MR) is 83.4 cm³/mol. The van der Waals surface area contributed by atoms with Crippen LogP contribution in [0, 0.1) is 0 Å². The van der Waals surface area contributed by atoms with Gasteiger partial charge < -0.3 is 39.3 Å². The predicted octanol–water partition coefficient (Wildman–Crippen LogP) is -3.36. The normalized spacial score (nSPS) is 12.2. The molecule has 0 aromatic carbocycles. The molecule has 13 heteroatoms. The molecule has 9 nitrogen and oxygen atoms in total. The SMILES string of the molecule is CCCCCN(C)CCC(O)(P(=O)(O)O)P(=O)(O)O.O.[Ca+2].[H-].[H-].[H-].[Na+]. The van der Waals surface area contributed by atoms with E-state index in [2.05, 4.69) is 0 Å². The van der Waals surface area contributed by atoms with Crippen molar-refractivity contribution in [3.8, 4) is 0 Å². The Kier molecular flexibility index (Phi) is 19.9. The van der Waals surface area contributed by atoms with E-state index in [0.29, 0.717) is 6.54 Å². The first-order valence-corrected chi connectivity index (χ1v) is 9.20. The van der Waals surface area contributed by atoms with E-state index < -0.39 is 26.7 Å². The van der Waals surface area contributed by atoms with Crippen molar-refractivity contribution in [1.29, 1.82) is 0 Å². The van der Waals surface area contributed by atoms with Crippen LogP contribution < -0.4 is 29.6 Å². The summed E-state index contributed by atoms with van der Waals surface area (Å²) in [5, 5.41) is 6.35. The molecule has 0 amide bonds. The van der Waals surface area contributed by atoms with E-state index in [4.69, 9.17) is 19.6 Å². The molecule has 0 aliphatic carbocycles. The molecule has 22 heavy (non-hydrogen) atoms. The molecule has 0 bridgehead atoms. The minimum Gasteiger partial charge on any atom is -1.00 e. The summed E-state index contributed by atoms with van der Waals surface area (Å²) in [6.45, 7) is 2.64. The minimum atomic E-state index is -5.33. The van der Waals surface area contributed by atoms with Crippen LogP contribution >= 0.6 is 15.2 Å². The molecule has 130 valence electrons. The fraction of sp³-hybridized carbons (Fsp3) is 1.00. The van der Waals surface area contributed by atoms with Gasteiger partial charge in [-0.2, -0.15) is 0 Å². The summed E-state index contributed by atoms with van der Waals surface area (Å²) in [5.41, 5.74) is 0. The summed E-state index contributed by atoms with van der Waals surface area (Å²) in [4.78, 5) is 37.5. The molecule has 0 saturated heterocycles. The Morgan fingerprint density at radius 3 is 1.77 bits per heavy atom. The van der Waals surface area contributed by atoms with Crippen LogP contribution in [0.4, 0.5) is 0 Å². The Labute approximate surface area is 187 Å². The van der Waals surface area contributed by atoms with Gasteiger partial charge in [0.15, 0.2) is 0 Å². The summed E-state index contributed by atoms with van der Waals surface area (Å²) < 4.78 is 22.2. The third kappa shape index (κ3) is 10.4. The quantitative estimate of drug-likeness (QED) is 0.151. The van der Waals surface area contributed by atoms with Crippen LogP contribution in [0.3, 0.4) is 0 Å². The molecular weight excluding hydrogens is 375 g/mol. The van der Waals surface area contributed by atoms with Crippen LogP contribution in [0.2, 0.25) is 0 Å². The zero-order chi connectivity index (χ0) is 15.3. The standard InChI is InChI=1S/C9H23NO7P2.Ca.Na.H2O.3H/c1-3-4-5-7-10(2)8-6-9(11,18(12,13)14)19(15,16)17;;;;;;/h11H,3-8H2,1-2H3,(H2,12,13,14)(H2,15,16,17);;;1H2;;;/q;+2;+1;;3*-1. The van der Waals surface area contributed by atoms with Gasteiger partial charge in [-0.05, 0) is 20.0 Å². The van der Waals surface area contributed by atoms with E-state index in [-0.39, 0.29) is 83.6 Å². The van der Waals surface area contributed by atoms with Gasteiger partial charge in [0.1, 0.15) is 0 Å². The van der Waals surface area contributed by atoms with Gasteiger partial charge in [-0.3, -0.25) is 9.13 Å². The first-order valence-electron chi connectivity index (χ1n) is 5.98. The summed E-state index contributed by atoms with van der Waals surface area (Å²) >= 11 is 0. The molecule has 0 aliphatic rings. The van der Waals surface area contributed by atoms with Crippen molar-refractivity contribution in [3.05, 3.63) is 0 Å². The Morgan fingerprint density at radius 2 is 1.45 bits per heavy atom. The van der Waals surface area contributed by atoms with Crippen LogP contribution in [0.5, 0.6) is 0 Å². The summed E-state index contributed by atoms with van der Waals surface area (Å²) in [7, 11) is -9.00. The van der Waals surface area contributed by atoms with Crippen molar-refractivity contribution in [2.45, 2.75) is 37.7 Å². The van der Waals surface area contributed by atoms with Crippen LogP contribution in [0.25, 0.3) is 0 Å². The second-order valence-electron chi connectivity index (χ2n) is 4.62. The minimum absolute atomic E-state index is 0. The average Bonchev–Trinajstić information content (AvgIpc) is 2.23. The molecule has 0 unspecified atom stereocenters. The van der Waals surface area contributed by atoms with E-state index in [1.54, 1.807) is 11.9 Å². The van der Waals surface area contributed by atoms with Crippen LogP contribution in [0.15, 0.2) is 0 Å². The molecule has 0 fully saturated rings. The fourth-order valence-corrected chi connectivity index (χ4v) is 3.69. The topological polar surface area (TPSA) is 170 Å². The van der Waals surface area contributed by atoms with Crippen LogP contribution in [0.1, 0.15) is 36.9 Å². The largest absolute Gasteiger partial charge is 2.00 e. The zero-order valence-electron chi connectivity index (χ0n) is 16.3. The van der Waals surface area contributed by atoms with Gasteiger partial charge in [0, 0.05) is 13.0 Å². The molecule has 0 saturated carbocycles. The number of aliphatic hydroxyl groups is 1. The van der Waals surface area contributed by atoms with Gasteiger partial charge in [-0.1, -0.05) is 19.8 Å². The van der Waals surface area contributed by atoms with E-state index in [9.17, 15) is 14.2 Å². The number of nitrogens with zero attached hydrogens (tertiary/aromatic N) is 1. The van der Waals surface area contributed by atoms with Gasteiger partial charge in [-0.25, -0.2) is 0 Å². The van der Waals surface area contributed by atoms with Gasteiger partial charge in [-0.15, -0.1) is 0 Å². The molecule has 0 heterocycles. The average molecular weight is 403 g/mol. The molecule has 0 aliphatic heterocycles. The first-order chi connectivity index (χ1) is 8.45. The summed E-state index contributed by atoms with van der Waals surface area (Å²) in [6.07, 6.45) is 2.19. The number of unbranched alkanes of at least 4 members (excludes halogenated alkanes) is 2. The number of hydrogen-bond donors (Lipinski definition) is 5. The van der Waals surface area contributed by atoms with Crippen molar-refractivity contribution in [1.82, 2.24) is 4.90 Å². The van der Waals surface area contributed by atoms with Gasteiger partial charge in [0.05, 0.1) is 0 Å². The monoisotopic (exact) mass is 403 g/mol. The molecule has 0 aromatic rings. The second kappa shape index (κ2) is 13.6. The molecule has 0 aromatic heterocycles. The van der Waals surface area contributed by atoms with Crippen molar-refractivity contribution in [2.75, 3.05) is 20.1 Å². The third-order valence-electron chi connectivity index (χ3n) is 2.91. The molecule has 0 radical (unpaired) electrons. The second-order valence-corrected chi connectivity index (χ2v) is 8.63. The first kappa shape index (κ1) is 32.1. The maximum Gasteiger partial charge on any atom is 2.00 e. The molecule has 0 atom stereocenters. The zero-order valence-corrected chi connectivity index (χ0v) is 19.3. The Hall–Kier alpha value is 2.44. The van der Waals surface area contributed by atoms with E-state index in [1.165, 1.54) is 0 Å². The van der Waals surface area contributed by atoms with Crippen molar-refractivity contribution >= 4 is 52.9 Å². The fourth-order valence-electron chi connectivity index (χ4n) is 1.55. The van der Waals surface area contributed by atoms with Crippen molar-refractivity contribution < 1.29 is 73.1 Å². The summed E-state index contributed by atoms with van der Waals surface area (Å²) in [6, 6.07) is 0. The smallest absolute Gasteiger partial charge is 1.00 e. The number of rotatable bonds is 9. The maximum absolute atomic E-state index is 11.1. The number of hydrogen-bond acceptors (Lipinski definition) is 4. The van der Waals surface area contributed by atoms with Crippen LogP contribution in [-0.4, -0.2) is 98.0 Å². The van der Waals surface area contributed by atoms with Crippen molar-refractivity contribution in [2.24, 2.45) is 0 Å². The summed E-state index contributed by atoms with van der Waals surface area (Å²) in [5.74, 6) is 0. The Morgan fingerprint density at radius 1 is 1.05 bits per heavy atom. The van der Waals surface area contributed by atoms with Crippen LogP contribution in [-0.2, 0) is 9.13 Å². The molecule has 7 N–H and O–H groups in total. The van der Waals surface area contributed by atoms with E-state index in [0.717, 1.165) is 19.3 Å². The third-order valence-corrected chi connectivity index (χ3v) is 6.78. The van der Waals surface area contributed by atoms with E-state index in [1.807, 2.05) is 6.92 Å². The van der Waals surface area contributed by atoms with E-state index >= 15 is 0 Å². The Bertz CT molecular complexity index is 368. The van der Waals surface area contributed by atoms with Gasteiger partial charge >= 0.3 is 82.5 Å². The van der Waals surface area contributed by atoms with Crippen molar-refractivity contribution in [3.63, 3.8) is 0 Å². The maximum atomic E-state index is 11.1. The Balaban J connectivity index is -0.000000108. The van der Waals surface area contributed by atoms with Gasteiger partial charge in [0.2, 0.25) is 0 Å².